The largest absolute Gasteiger partial charge is 0.480 e. The lowest BCUT2D eigenvalue weighted by Crippen LogP contribution is -2.47. The molecule has 0 fully saturated rings. The number of nitrogens with one attached hydrogen (secondary N) is 1. The van der Waals surface area contributed by atoms with Crippen LogP contribution in [0.3, 0.4) is 0 Å². The Hall–Kier alpha value is -0.220. The van der Waals surface area contributed by atoms with Gasteiger partial charge in [0.2, 0.25) is 0 Å². The van der Waals surface area contributed by atoms with Crippen LogP contribution in [0.4, 0.5) is 0 Å². The maximum Gasteiger partial charge on any atom is 0.320 e. The minimum Gasteiger partial charge on any atom is -0.480 e. The van der Waals surface area contributed by atoms with Crippen LogP contribution in [0.15, 0.2) is 0 Å². The normalized spacial score (nSPS) is 14.1. The van der Waals surface area contributed by atoms with E-state index in [1.54, 1.807) is 0 Å². The summed E-state index contributed by atoms with van der Waals surface area (Å²) in [5, 5.41) is 12.3. The average Bonchev–Trinajstić information content (AvgIpc) is 2.24. The van der Waals surface area contributed by atoms with Crippen molar-refractivity contribution in [3.8, 4) is 0 Å². The summed E-state index contributed by atoms with van der Waals surface area (Å²) in [7, 11) is 0. The summed E-state index contributed by atoms with van der Waals surface area (Å²) in [5.74, 6) is -0.636. The number of aliphatic carboxylic acids is 1. The third kappa shape index (κ3) is 4.34. The Labute approximate surface area is 103 Å². The van der Waals surface area contributed by atoms with Gasteiger partial charge in [0.1, 0.15) is 6.04 Å². The van der Waals surface area contributed by atoms with Crippen molar-refractivity contribution in [1.82, 2.24) is 5.32 Å². The molecule has 2 N–H and O–H groups in total. The number of carboxylic acid groups (broad SMARTS) is 1. The van der Waals surface area contributed by atoms with Gasteiger partial charge >= 0.3 is 5.97 Å². The standard InChI is InChI=1S/C12H25NO2S/c1-6-12(7-2,16-5)8-13-10(9(3)4)11(14)15/h9-10,13H,6-8H2,1-5H3,(H,14,15). The summed E-state index contributed by atoms with van der Waals surface area (Å²) in [6.07, 6.45) is 4.21. The molecule has 0 amide bonds. The Morgan fingerprint density at radius 3 is 2.12 bits per heavy atom. The van der Waals surface area contributed by atoms with Crippen molar-refractivity contribution in [2.75, 3.05) is 12.8 Å². The fourth-order valence-corrected chi connectivity index (χ4v) is 2.57. The van der Waals surface area contributed by atoms with Gasteiger partial charge in [-0.05, 0) is 25.0 Å². The van der Waals surface area contributed by atoms with E-state index in [4.69, 9.17) is 5.11 Å². The van der Waals surface area contributed by atoms with Crippen molar-refractivity contribution in [2.45, 2.75) is 51.3 Å². The number of hydrogen-bond donors (Lipinski definition) is 2. The molecular weight excluding hydrogens is 222 g/mol. The lowest BCUT2D eigenvalue weighted by Gasteiger charge is -2.32. The van der Waals surface area contributed by atoms with Crippen LogP contribution in [0, 0.1) is 5.92 Å². The molecule has 0 rings (SSSR count). The van der Waals surface area contributed by atoms with E-state index in [-0.39, 0.29) is 10.7 Å². The highest BCUT2D eigenvalue weighted by Crippen LogP contribution is 2.29. The first-order chi connectivity index (χ1) is 7.42. The Morgan fingerprint density at radius 1 is 1.38 bits per heavy atom. The second-order valence-corrected chi connectivity index (χ2v) is 5.81. The number of carbonyl (C=O) groups is 1. The van der Waals surface area contributed by atoms with Crippen LogP contribution in [-0.4, -0.2) is 34.7 Å². The molecule has 0 aromatic carbocycles. The van der Waals surface area contributed by atoms with Gasteiger partial charge in [-0.15, -0.1) is 0 Å². The molecule has 0 aromatic rings. The molecule has 4 heteroatoms. The third-order valence-electron chi connectivity index (χ3n) is 3.30. The summed E-state index contributed by atoms with van der Waals surface area (Å²) in [5.41, 5.74) is 0. The zero-order valence-electron chi connectivity index (χ0n) is 11.0. The van der Waals surface area contributed by atoms with Gasteiger partial charge in [-0.1, -0.05) is 27.7 Å². The molecule has 0 radical (unpaired) electrons. The van der Waals surface area contributed by atoms with E-state index in [0.717, 1.165) is 19.4 Å². The first-order valence-electron chi connectivity index (χ1n) is 5.93. The Bertz CT molecular complexity index is 207. The lowest BCUT2D eigenvalue weighted by atomic mass is 9.99. The molecule has 0 aromatic heterocycles. The fourth-order valence-electron chi connectivity index (χ4n) is 1.76. The van der Waals surface area contributed by atoms with Crippen molar-refractivity contribution in [1.29, 1.82) is 0 Å². The van der Waals surface area contributed by atoms with E-state index in [1.165, 1.54) is 0 Å². The first-order valence-corrected chi connectivity index (χ1v) is 7.16. The van der Waals surface area contributed by atoms with Gasteiger partial charge < -0.3 is 10.4 Å². The van der Waals surface area contributed by atoms with Crippen molar-refractivity contribution in [3.05, 3.63) is 0 Å². The fraction of sp³-hybridized carbons (Fsp3) is 0.917. The predicted octanol–water partition coefficient (Wildman–Crippen LogP) is 2.61. The number of thioether (sulfide) groups is 1. The van der Waals surface area contributed by atoms with Gasteiger partial charge in [0.05, 0.1) is 0 Å². The van der Waals surface area contributed by atoms with Gasteiger partial charge in [0.15, 0.2) is 0 Å². The smallest absolute Gasteiger partial charge is 0.320 e. The molecule has 0 saturated carbocycles. The number of hydrogen-bond acceptors (Lipinski definition) is 3. The molecule has 96 valence electrons. The SMILES string of the molecule is CCC(CC)(CNC(C(=O)O)C(C)C)SC. The van der Waals surface area contributed by atoms with Crippen LogP contribution in [0.1, 0.15) is 40.5 Å². The molecule has 0 aliphatic heterocycles. The molecule has 0 saturated heterocycles. The molecule has 0 spiro atoms. The van der Waals surface area contributed by atoms with Crippen molar-refractivity contribution in [2.24, 2.45) is 5.92 Å². The van der Waals surface area contributed by atoms with E-state index in [2.05, 4.69) is 25.4 Å². The van der Waals surface area contributed by atoms with E-state index in [9.17, 15) is 4.79 Å². The van der Waals surface area contributed by atoms with Crippen LogP contribution in [0.25, 0.3) is 0 Å². The van der Waals surface area contributed by atoms with Crippen LogP contribution in [0.5, 0.6) is 0 Å². The van der Waals surface area contributed by atoms with E-state index < -0.39 is 12.0 Å². The predicted molar refractivity (Wildman–Crippen MR) is 71.1 cm³/mol. The zero-order valence-corrected chi connectivity index (χ0v) is 11.9. The quantitative estimate of drug-likeness (QED) is 0.692. The van der Waals surface area contributed by atoms with Gasteiger partial charge in [0.25, 0.3) is 0 Å². The molecule has 0 aliphatic carbocycles. The van der Waals surface area contributed by atoms with Gasteiger partial charge in [-0.25, -0.2) is 0 Å². The van der Waals surface area contributed by atoms with Gasteiger partial charge in [-0.2, -0.15) is 11.8 Å². The second kappa shape index (κ2) is 7.17. The molecule has 3 nitrogen and oxygen atoms in total. The number of rotatable bonds is 8. The first kappa shape index (κ1) is 15.8. The molecule has 1 atom stereocenters. The highest BCUT2D eigenvalue weighted by molar-refractivity contribution is 8.00. The molecule has 0 aliphatic rings. The monoisotopic (exact) mass is 247 g/mol. The Kier molecular flexibility index (Phi) is 7.07. The van der Waals surface area contributed by atoms with Crippen molar-refractivity contribution >= 4 is 17.7 Å². The Balaban J connectivity index is 4.43. The molecular formula is C12H25NO2S. The third-order valence-corrected chi connectivity index (χ3v) is 4.89. The number of carboxylic acids is 1. The molecule has 0 bridgehead atoms. The molecule has 16 heavy (non-hydrogen) atoms. The summed E-state index contributed by atoms with van der Waals surface area (Å²) >= 11 is 1.83. The maximum absolute atomic E-state index is 11.1. The zero-order chi connectivity index (χ0) is 12.8. The maximum atomic E-state index is 11.1. The average molecular weight is 247 g/mol. The minimum absolute atomic E-state index is 0.116. The topological polar surface area (TPSA) is 49.3 Å². The summed E-state index contributed by atoms with van der Waals surface area (Å²) in [6, 6.07) is -0.440. The minimum atomic E-state index is -0.753. The highest BCUT2D eigenvalue weighted by Gasteiger charge is 2.28. The van der Waals surface area contributed by atoms with Crippen LogP contribution in [0.2, 0.25) is 0 Å². The highest BCUT2D eigenvalue weighted by atomic mass is 32.2. The van der Waals surface area contributed by atoms with Gasteiger partial charge in [-0.3, -0.25) is 4.79 Å². The van der Waals surface area contributed by atoms with Crippen LogP contribution < -0.4 is 5.32 Å². The van der Waals surface area contributed by atoms with Crippen LogP contribution in [-0.2, 0) is 4.79 Å². The van der Waals surface area contributed by atoms with Crippen LogP contribution >= 0.6 is 11.8 Å². The van der Waals surface area contributed by atoms with Gasteiger partial charge in [0, 0.05) is 11.3 Å². The van der Waals surface area contributed by atoms with E-state index in [0.29, 0.717) is 0 Å². The molecule has 0 heterocycles. The summed E-state index contributed by atoms with van der Waals surface area (Å²) in [6.45, 7) is 8.95. The second-order valence-electron chi connectivity index (χ2n) is 4.54. The summed E-state index contributed by atoms with van der Waals surface area (Å²) < 4.78 is 0.169. The molecule has 1 unspecified atom stereocenters. The van der Waals surface area contributed by atoms with E-state index in [1.807, 2.05) is 25.6 Å². The van der Waals surface area contributed by atoms with Crippen molar-refractivity contribution in [3.63, 3.8) is 0 Å². The summed E-state index contributed by atoms with van der Waals surface area (Å²) in [4.78, 5) is 11.1. The Morgan fingerprint density at radius 2 is 1.88 bits per heavy atom. The van der Waals surface area contributed by atoms with E-state index >= 15 is 0 Å². The lowest BCUT2D eigenvalue weighted by molar-refractivity contribution is -0.140. The van der Waals surface area contributed by atoms with Crippen molar-refractivity contribution < 1.29 is 9.90 Å².